The molecule has 2 N–H and O–H groups in total. The lowest BCUT2D eigenvalue weighted by molar-refractivity contribution is 0.246. The Bertz CT molecular complexity index is 845. The van der Waals surface area contributed by atoms with Gasteiger partial charge in [0, 0.05) is 5.02 Å². The smallest absolute Gasteiger partial charge is 0.325 e. The monoisotopic (exact) mass is 399 g/mol. The predicted molar refractivity (Wildman–Crippen MR) is 108 cm³/mol. The van der Waals surface area contributed by atoms with Gasteiger partial charge in [-0.05, 0) is 30.5 Å². The first-order valence-electron chi connectivity index (χ1n) is 9.36. The van der Waals surface area contributed by atoms with Crippen LogP contribution in [0.5, 0.6) is 5.75 Å². The Labute approximate surface area is 169 Å². The van der Waals surface area contributed by atoms with Gasteiger partial charge in [0.1, 0.15) is 11.8 Å². The van der Waals surface area contributed by atoms with E-state index in [0.29, 0.717) is 23.1 Å². The Morgan fingerprint density at radius 2 is 2.04 bits per heavy atom. The molecule has 3 rings (SSSR count). The van der Waals surface area contributed by atoms with Crippen LogP contribution < -0.4 is 15.4 Å². The highest BCUT2D eigenvalue weighted by Crippen LogP contribution is 2.30. The summed E-state index contributed by atoms with van der Waals surface area (Å²) in [5.74, 6) is 1.52. The zero-order valence-corrected chi connectivity index (χ0v) is 16.2. The average molecular weight is 400 g/mol. The van der Waals surface area contributed by atoms with Crippen molar-refractivity contribution in [3.8, 4) is 11.8 Å². The van der Waals surface area contributed by atoms with Crippen molar-refractivity contribution in [2.24, 2.45) is 5.92 Å². The molecule has 2 aromatic rings. The molecular weight excluding hydrogens is 378 g/mol. The molecule has 0 radical (unpaired) electrons. The summed E-state index contributed by atoms with van der Waals surface area (Å²) in [5, 5.41) is 14.5. The zero-order valence-electron chi connectivity index (χ0n) is 15.4. The summed E-state index contributed by atoms with van der Waals surface area (Å²) in [5.41, 5.74) is 0.657. The Kier molecular flexibility index (Phi) is 7.04. The molecule has 1 aliphatic carbocycles. The minimum Gasteiger partial charge on any atom is -0.491 e. The van der Waals surface area contributed by atoms with Gasteiger partial charge in [0.2, 0.25) is 0 Å². The molecule has 0 aliphatic heterocycles. The summed E-state index contributed by atoms with van der Waals surface area (Å²) in [6.07, 6.45) is 10.1. The SMILES string of the molecule is N#Cc1cnc(NC(=O)Nc2cc(Cl)ccc2OCCC2CCCCC2)cn1. The summed E-state index contributed by atoms with van der Waals surface area (Å²) < 4.78 is 5.91. The van der Waals surface area contributed by atoms with Crippen molar-refractivity contribution in [2.75, 3.05) is 17.2 Å². The molecule has 1 heterocycles. The second kappa shape index (κ2) is 9.90. The van der Waals surface area contributed by atoms with E-state index >= 15 is 0 Å². The zero-order chi connectivity index (χ0) is 19.8. The van der Waals surface area contributed by atoms with Crippen molar-refractivity contribution < 1.29 is 9.53 Å². The number of anilines is 2. The van der Waals surface area contributed by atoms with Crippen molar-refractivity contribution in [3.05, 3.63) is 41.3 Å². The first-order valence-corrected chi connectivity index (χ1v) is 9.74. The molecule has 2 amide bonds. The first kappa shape index (κ1) is 19.9. The number of ether oxygens (including phenoxy) is 1. The van der Waals surface area contributed by atoms with Crippen molar-refractivity contribution >= 4 is 29.1 Å². The summed E-state index contributed by atoms with van der Waals surface area (Å²) >= 11 is 6.07. The number of carbonyl (C=O) groups is 1. The van der Waals surface area contributed by atoms with E-state index in [2.05, 4.69) is 20.6 Å². The van der Waals surface area contributed by atoms with Gasteiger partial charge in [-0.3, -0.25) is 5.32 Å². The molecule has 146 valence electrons. The Morgan fingerprint density at radius 3 is 2.75 bits per heavy atom. The Balaban J connectivity index is 1.57. The van der Waals surface area contributed by atoms with Crippen LogP contribution >= 0.6 is 11.6 Å². The van der Waals surface area contributed by atoms with E-state index in [1.807, 2.05) is 6.07 Å². The number of benzene rings is 1. The number of nitrogens with zero attached hydrogens (tertiary/aromatic N) is 3. The van der Waals surface area contributed by atoms with Gasteiger partial charge in [0.25, 0.3) is 0 Å². The van der Waals surface area contributed by atoms with Crippen LogP contribution in [0.25, 0.3) is 0 Å². The van der Waals surface area contributed by atoms with E-state index < -0.39 is 6.03 Å². The van der Waals surface area contributed by atoms with Gasteiger partial charge in [0.05, 0.1) is 24.7 Å². The molecule has 1 aliphatic rings. The molecular formula is C20H22ClN5O2. The molecule has 0 spiro atoms. The summed E-state index contributed by atoms with van der Waals surface area (Å²) in [4.78, 5) is 20.1. The average Bonchev–Trinajstić information content (AvgIpc) is 2.71. The molecule has 7 nitrogen and oxygen atoms in total. The Morgan fingerprint density at radius 1 is 1.21 bits per heavy atom. The summed E-state index contributed by atoms with van der Waals surface area (Å²) in [6, 6.07) is 6.49. The fourth-order valence-corrected chi connectivity index (χ4v) is 3.43. The number of urea groups is 1. The molecule has 1 saturated carbocycles. The number of amides is 2. The quantitative estimate of drug-likeness (QED) is 0.712. The van der Waals surface area contributed by atoms with Crippen LogP contribution in [-0.2, 0) is 0 Å². The molecule has 0 atom stereocenters. The van der Waals surface area contributed by atoms with E-state index in [1.54, 1.807) is 18.2 Å². The lowest BCUT2D eigenvalue weighted by atomic mass is 9.87. The predicted octanol–water partition coefficient (Wildman–Crippen LogP) is 4.99. The topological polar surface area (TPSA) is 99.9 Å². The number of rotatable bonds is 6. The van der Waals surface area contributed by atoms with E-state index in [-0.39, 0.29) is 11.5 Å². The third-order valence-electron chi connectivity index (χ3n) is 4.71. The van der Waals surface area contributed by atoms with Gasteiger partial charge in [-0.25, -0.2) is 14.8 Å². The highest BCUT2D eigenvalue weighted by molar-refractivity contribution is 6.31. The fourth-order valence-electron chi connectivity index (χ4n) is 3.26. The number of nitrogens with one attached hydrogen (secondary N) is 2. The van der Waals surface area contributed by atoms with Crippen molar-refractivity contribution in [2.45, 2.75) is 38.5 Å². The highest BCUT2D eigenvalue weighted by Gasteiger charge is 2.14. The number of carbonyl (C=O) groups excluding carboxylic acids is 1. The number of aromatic nitrogens is 2. The summed E-state index contributed by atoms with van der Waals surface area (Å²) in [6.45, 7) is 0.601. The van der Waals surface area contributed by atoms with Crippen LogP contribution in [0.4, 0.5) is 16.3 Å². The van der Waals surface area contributed by atoms with E-state index in [1.165, 1.54) is 44.5 Å². The molecule has 1 fully saturated rings. The lowest BCUT2D eigenvalue weighted by Gasteiger charge is -2.21. The van der Waals surface area contributed by atoms with Crippen molar-refractivity contribution in [1.82, 2.24) is 9.97 Å². The van der Waals surface area contributed by atoms with Crippen LogP contribution in [0.15, 0.2) is 30.6 Å². The largest absolute Gasteiger partial charge is 0.491 e. The van der Waals surface area contributed by atoms with E-state index in [0.717, 1.165) is 12.3 Å². The van der Waals surface area contributed by atoms with E-state index in [9.17, 15) is 4.79 Å². The Hall–Kier alpha value is -2.85. The third kappa shape index (κ3) is 5.83. The van der Waals surface area contributed by atoms with Crippen LogP contribution in [0, 0.1) is 17.2 Å². The normalized spacial score (nSPS) is 14.1. The summed E-state index contributed by atoms with van der Waals surface area (Å²) in [7, 11) is 0. The third-order valence-corrected chi connectivity index (χ3v) is 4.94. The van der Waals surface area contributed by atoms with Gasteiger partial charge >= 0.3 is 6.03 Å². The van der Waals surface area contributed by atoms with Gasteiger partial charge in [-0.1, -0.05) is 43.7 Å². The number of hydrogen-bond donors (Lipinski definition) is 2. The maximum atomic E-state index is 12.3. The lowest BCUT2D eigenvalue weighted by Crippen LogP contribution is -2.21. The van der Waals surface area contributed by atoms with Crippen LogP contribution in [0.1, 0.15) is 44.2 Å². The highest BCUT2D eigenvalue weighted by atomic mass is 35.5. The minimum absolute atomic E-state index is 0.175. The molecule has 28 heavy (non-hydrogen) atoms. The molecule has 8 heteroatoms. The maximum absolute atomic E-state index is 12.3. The second-order valence-corrected chi connectivity index (χ2v) is 7.20. The molecule has 0 bridgehead atoms. The second-order valence-electron chi connectivity index (χ2n) is 6.76. The maximum Gasteiger partial charge on any atom is 0.325 e. The molecule has 0 unspecified atom stereocenters. The number of nitriles is 1. The first-order chi connectivity index (χ1) is 13.6. The van der Waals surface area contributed by atoms with Crippen LogP contribution in [0.3, 0.4) is 0 Å². The van der Waals surface area contributed by atoms with Crippen LogP contribution in [0.2, 0.25) is 5.02 Å². The fraction of sp³-hybridized carbons (Fsp3) is 0.400. The van der Waals surface area contributed by atoms with Gasteiger partial charge in [0.15, 0.2) is 11.5 Å². The van der Waals surface area contributed by atoms with Crippen molar-refractivity contribution in [3.63, 3.8) is 0 Å². The van der Waals surface area contributed by atoms with Gasteiger partial charge in [-0.15, -0.1) is 0 Å². The number of hydrogen-bond acceptors (Lipinski definition) is 5. The standard InChI is InChI=1S/C20H22ClN5O2/c21-15-6-7-18(28-9-8-14-4-2-1-3-5-14)17(10-15)25-20(27)26-19-13-23-16(11-22)12-24-19/h6-7,10,12-14H,1-5,8-9H2,(H2,24,25,26,27). The van der Waals surface area contributed by atoms with Crippen LogP contribution in [-0.4, -0.2) is 22.6 Å². The molecule has 1 aromatic heterocycles. The molecule has 1 aromatic carbocycles. The molecule has 0 saturated heterocycles. The number of halogens is 1. The van der Waals surface area contributed by atoms with Crippen molar-refractivity contribution in [1.29, 1.82) is 5.26 Å². The minimum atomic E-state index is -0.501. The van der Waals surface area contributed by atoms with Gasteiger partial charge in [-0.2, -0.15) is 5.26 Å². The van der Waals surface area contributed by atoms with E-state index in [4.69, 9.17) is 21.6 Å². The van der Waals surface area contributed by atoms with Gasteiger partial charge < -0.3 is 10.1 Å².